The molecule has 0 aliphatic carbocycles. The zero-order chi connectivity index (χ0) is 44.9. The number of ether oxygens (including phenoxy) is 2. The molecule has 324 valence electrons. The molecule has 8 aromatic carbocycles. The van der Waals surface area contributed by atoms with Crippen LogP contribution in [0.4, 0.5) is 0 Å². The van der Waals surface area contributed by atoms with Crippen molar-refractivity contribution in [2.75, 3.05) is 0 Å². The van der Waals surface area contributed by atoms with Gasteiger partial charge in [-0.25, -0.2) is 0 Å². The first-order chi connectivity index (χ1) is 31.6. The smallest absolute Gasteiger partial charge is 0.147 e. The van der Waals surface area contributed by atoms with E-state index in [0.717, 1.165) is 112 Å². The van der Waals surface area contributed by atoms with Gasteiger partial charge in [-0.15, -0.1) is 0 Å². The van der Waals surface area contributed by atoms with Gasteiger partial charge in [0.05, 0.1) is 45.6 Å². The number of rotatable bonds is 12. The van der Waals surface area contributed by atoms with E-state index < -0.39 is 0 Å². The molecule has 2 heterocycles. The van der Waals surface area contributed by atoms with Crippen LogP contribution in [0.2, 0.25) is 0 Å². The van der Waals surface area contributed by atoms with E-state index in [1.165, 1.54) is 0 Å². The molecule has 10 rings (SSSR count). The van der Waals surface area contributed by atoms with Crippen LogP contribution < -0.4 is 9.47 Å². The molecule has 65 heavy (non-hydrogen) atoms. The molecule has 10 aromatic rings. The Morgan fingerprint density at radius 2 is 0.769 bits per heavy atom. The highest BCUT2D eigenvalue weighted by Gasteiger charge is 2.24. The first-order valence-electron chi connectivity index (χ1n) is 22.9. The van der Waals surface area contributed by atoms with Gasteiger partial charge >= 0.3 is 0 Å². The van der Waals surface area contributed by atoms with Crippen LogP contribution in [-0.4, -0.2) is 31.6 Å². The lowest BCUT2D eigenvalue weighted by Gasteiger charge is -2.24. The SMILES string of the molecule is CCc1ccc(OC(C)C[C@@H](C)Oc2ccc(CC)cc2-c2cc(C)cc(-n3c4ccccc4c4ccccc43)c2O)c(-c2cc(C)cc(-n3c4ccccc4c4ccccc43)c2O)c1. The van der Waals surface area contributed by atoms with Crippen molar-refractivity contribution in [2.24, 2.45) is 0 Å². The standard InChI is InChI=1S/C59H54N2O4/c1-7-40-25-27-56(46(34-40)48-29-36(3)31-54(58(48)62)60-50-21-13-9-17-42(50)43-18-10-14-22-51(43)60)64-38(5)33-39(6)65-57-28-26-41(8-2)35-47(57)49-30-37(4)32-55(59(49)63)61-52-23-15-11-19-44(52)45-20-12-16-24-53(45)61/h9-32,34-35,38-39,62-63H,7-8,33H2,1-6H3/t38-,39?/m1/s1. The average molecular weight is 855 g/mol. The molecule has 0 saturated carbocycles. The van der Waals surface area contributed by atoms with Gasteiger partial charge in [-0.2, -0.15) is 0 Å². The molecule has 6 heteroatoms. The average Bonchev–Trinajstić information content (AvgIpc) is 3.83. The topological polar surface area (TPSA) is 68.8 Å². The van der Waals surface area contributed by atoms with E-state index in [1.54, 1.807) is 0 Å². The maximum atomic E-state index is 12.3. The molecule has 0 bridgehead atoms. The van der Waals surface area contributed by atoms with Gasteiger partial charge in [0.25, 0.3) is 0 Å². The van der Waals surface area contributed by atoms with E-state index in [0.29, 0.717) is 17.9 Å². The Bertz CT molecular complexity index is 3100. The van der Waals surface area contributed by atoms with Crippen LogP contribution in [0.15, 0.2) is 158 Å². The maximum Gasteiger partial charge on any atom is 0.147 e. The first kappa shape index (κ1) is 41.6. The highest BCUT2D eigenvalue weighted by Crippen LogP contribution is 2.46. The second-order valence-electron chi connectivity index (χ2n) is 17.6. The number of fused-ring (bicyclic) bond motifs is 6. The molecule has 0 fully saturated rings. The summed E-state index contributed by atoms with van der Waals surface area (Å²) >= 11 is 0. The largest absolute Gasteiger partial charge is 0.505 e. The van der Waals surface area contributed by atoms with Gasteiger partial charge in [0, 0.05) is 50.2 Å². The number of aromatic hydroxyl groups is 2. The maximum absolute atomic E-state index is 12.3. The van der Waals surface area contributed by atoms with Crippen molar-refractivity contribution in [3.8, 4) is 56.6 Å². The molecular formula is C59H54N2O4. The van der Waals surface area contributed by atoms with Gasteiger partial charge in [0.2, 0.25) is 0 Å². The van der Waals surface area contributed by atoms with Gasteiger partial charge in [-0.3, -0.25) is 0 Å². The third kappa shape index (κ3) is 7.43. The van der Waals surface area contributed by atoms with Gasteiger partial charge < -0.3 is 28.8 Å². The fourth-order valence-corrected chi connectivity index (χ4v) is 9.85. The number of aromatic nitrogens is 2. The summed E-state index contributed by atoms with van der Waals surface area (Å²) < 4.78 is 18.0. The van der Waals surface area contributed by atoms with Crippen LogP contribution >= 0.6 is 0 Å². The third-order valence-electron chi connectivity index (χ3n) is 12.9. The van der Waals surface area contributed by atoms with Gasteiger partial charge in [0.15, 0.2) is 0 Å². The number of benzene rings is 8. The van der Waals surface area contributed by atoms with Crippen molar-refractivity contribution < 1.29 is 19.7 Å². The van der Waals surface area contributed by atoms with Crippen LogP contribution in [-0.2, 0) is 12.8 Å². The Kier molecular flexibility index (Phi) is 10.8. The molecule has 0 aliphatic heterocycles. The first-order valence-corrected chi connectivity index (χ1v) is 22.9. The van der Waals surface area contributed by atoms with Crippen LogP contribution in [0.3, 0.4) is 0 Å². The highest BCUT2D eigenvalue weighted by atomic mass is 16.5. The fraction of sp³-hybridized carbons (Fsp3) is 0.186. The number of para-hydroxylation sites is 4. The quantitative estimate of drug-likeness (QED) is 0.128. The minimum absolute atomic E-state index is 0.202. The Morgan fingerprint density at radius 1 is 0.431 bits per heavy atom. The number of aryl methyl sites for hydroxylation is 4. The highest BCUT2D eigenvalue weighted by molar-refractivity contribution is 6.10. The van der Waals surface area contributed by atoms with Gasteiger partial charge in [-0.1, -0.05) is 98.8 Å². The number of phenols is 2. The van der Waals surface area contributed by atoms with E-state index in [1.807, 2.05) is 36.4 Å². The molecule has 0 radical (unpaired) electrons. The molecule has 0 aliphatic rings. The molecule has 0 spiro atoms. The predicted molar refractivity (Wildman–Crippen MR) is 269 cm³/mol. The second-order valence-corrected chi connectivity index (χ2v) is 17.6. The van der Waals surface area contributed by atoms with E-state index in [9.17, 15) is 10.2 Å². The molecule has 1 unspecified atom stereocenters. The van der Waals surface area contributed by atoms with Gasteiger partial charge in [0.1, 0.15) is 23.0 Å². The summed E-state index contributed by atoms with van der Waals surface area (Å²) in [6.07, 6.45) is 1.79. The molecule has 2 atom stereocenters. The van der Waals surface area contributed by atoms with Crippen molar-refractivity contribution in [1.82, 2.24) is 9.13 Å². The summed E-state index contributed by atoms with van der Waals surface area (Å²) in [6.45, 7) is 12.6. The van der Waals surface area contributed by atoms with Crippen LogP contribution in [0, 0.1) is 13.8 Å². The summed E-state index contributed by atoms with van der Waals surface area (Å²) in [7, 11) is 0. The van der Waals surface area contributed by atoms with Crippen LogP contribution in [0.1, 0.15) is 56.4 Å². The van der Waals surface area contributed by atoms with Crippen molar-refractivity contribution in [3.05, 3.63) is 180 Å². The lowest BCUT2D eigenvalue weighted by molar-refractivity contribution is 0.131. The zero-order valence-electron chi connectivity index (χ0n) is 37.9. The molecule has 2 aromatic heterocycles. The Morgan fingerprint density at radius 3 is 1.11 bits per heavy atom. The summed E-state index contributed by atoms with van der Waals surface area (Å²) in [6, 6.07) is 54.3. The third-order valence-corrected chi connectivity index (χ3v) is 12.9. The van der Waals surface area contributed by atoms with Crippen molar-refractivity contribution in [2.45, 2.75) is 73.0 Å². The Labute approximate surface area is 380 Å². The summed E-state index contributed by atoms with van der Waals surface area (Å²) in [5.74, 6) is 1.80. The molecular weight excluding hydrogens is 801 g/mol. The van der Waals surface area contributed by atoms with Gasteiger partial charge in [-0.05, 0) is 136 Å². The number of phenolic OH excluding ortho intramolecular Hbond substituents is 2. The fourth-order valence-electron chi connectivity index (χ4n) is 9.85. The normalized spacial score (nSPS) is 12.6. The monoisotopic (exact) mass is 854 g/mol. The molecule has 0 saturated heterocycles. The number of hydrogen-bond acceptors (Lipinski definition) is 4. The lowest BCUT2D eigenvalue weighted by Crippen LogP contribution is -2.23. The van der Waals surface area contributed by atoms with E-state index in [-0.39, 0.29) is 23.7 Å². The predicted octanol–water partition coefficient (Wildman–Crippen LogP) is 15.0. The minimum atomic E-state index is -0.243. The molecule has 2 N–H and O–H groups in total. The van der Waals surface area contributed by atoms with E-state index >= 15 is 0 Å². The summed E-state index contributed by atoms with van der Waals surface area (Å²) in [4.78, 5) is 0. The van der Waals surface area contributed by atoms with Crippen LogP contribution in [0.25, 0.3) is 77.2 Å². The minimum Gasteiger partial charge on any atom is -0.505 e. The zero-order valence-corrected chi connectivity index (χ0v) is 37.9. The second kappa shape index (κ2) is 16.9. The van der Waals surface area contributed by atoms with E-state index in [4.69, 9.17) is 9.47 Å². The lowest BCUT2D eigenvalue weighted by atomic mass is 9.97. The number of hydrogen-bond donors (Lipinski definition) is 2. The summed E-state index contributed by atoms with van der Waals surface area (Å²) in [5, 5.41) is 29.2. The van der Waals surface area contributed by atoms with E-state index in [2.05, 4.69) is 172 Å². The van der Waals surface area contributed by atoms with Crippen molar-refractivity contribution >= 4 is 43.6 Å². The van der Waals surface area contributed by atoms with Crippen molar-refractivity contribution in [3.63, 3.8) is 0 Å². The molecule has 0 amide bonds. The van der Waals surface area contributed by atoms with Crippen molar-refractivity contribution in [1.29, 1.82) is 0 Å². The Balaban J connectivity index is 0.970. The Hall–Kier alpha value is -7.44. The number of nitrogens with zero attached hydrogens (tertiary/aromatic N) is 2. The molecule has 6 nitrogen and oxygen atoms in total. The summed E-state index contributed by atoms with van der Waals surface area (Å²) in [5.41, 5.74) is 13.1. The van der Waals surface area contributed by atoms with Crippen LogP contribution in [0.5, 0.6) is 23.0 Å².